The molecule has 96 valence electrons. The number of hydrogen-bond donors (Lipinski definition) is 2. The van der Waals surface area contributed by atoms with Gasteiger partial charge >= 0.3 is 5.69 Å². The van der Waals surface area contributed by atoms with E-state index < -0.39 is 4.92 Å². The van der Waals surface area contributed by atoms with Gasteiger partial charge in [-0.15, -0.1) is 5.10 Å². The van der Waals surface area contributed by atoms with Crippen LogP contribution in [0.2, 0.25) is 0 Å². The molecule has 3 N–H and O–H groups in total. The van der Waals surface area contributed by atoms with Gasteiger partial charge in [0.05, 0.1) is 11.1 Å². The fourth-order valence-corrected chi connectivity index (χ4v) is 1.54. The number of rotatable bonds is 4. The number of aromatic nitrogens is 4. The number of nitrogens with zero attached hydrogens (tertiary/aromatic N) is 5. The van der Waals surface area contributed by atoms with Crippen LogP contribution in [-0.2, 0) is 20.6 Å². The summed E-state index contributed by atoms with van der Waals surface area (Å²) in [5.74, 6) is 0.729. The van der Waals surface area contributed by atoms with Gasteiger partial charge < -0.3 is 11.1 Å². The molecule has 0 saturated heterocycles. The number of nitrogens with one attached hydrogen (secondary N) is 1. The van der Waals surface area contributed by atoms with E-state index in [0.717, 1.165) is 5.56 Å². The molecule has 2 aromatic rings. The fraction of sp³-hybridized carbons (Fsp3) is 0.333. The molecule has 0 saturated carbocycles. The first-order chi connectivity index (χ1) is 8.49. The van der Waals surface area contributed by atoms with Gasteiger partial charge in [0.25, 0.3) is 0 Å². The number of nitrogens with two attached hydrogens (primary N) is 1. The van der Waals surface area contributed by atoms with Crippen LogP contribution in [0.15, 0.2) is 12.4 Å². The van der Waals surface area contributed by atoms with Crippen LogP contribution in [-0.4, -0.2) is 24.5 Å². The summed E-state index contributed by atoms with van der Waals surface area (Å²) < 4.78 is 2.91. The highest BCUT2D eigenvalue weighted by Crippen LogP contribution is 2.22. The molecule has 0 aliphatic heterocycles. The van der Waals surface area contributed by atoms with Gasteiger partial charge in [-0.25, -0.2) is 0 Å². The first kappa shape index (κ1) is 11.9. The maximum absolute atomic E-state index is 10.8. The predicted molar refractivity (Wildman–Crippen MR) is 64.8 cm³/mol. The summed E-state index contributed by atoms with van der Waals surface area (Å²) in [6.07, 6.45) is 2.95. The molecule has 2 aromatic heterocycles. The van der Waals surface area contributed by atoms with E-state index in [4.69, 9.17) is 5.73 Å². The molecule has 0 aliphatic rings. The van der Waals surface area contributed by atoms with Crippen molar-refractivity contribution in [1.82, 2.24) is 19.6 Å². The lowest BCUT2D eigenvalue weighted by molar-refractivity contribution is -0.384. The van der Waals surface area contributed by atoms with Crippen LogP contribution in [0.3, 0.4) is 0 Å². The Morgan fingerprint density at radius 1 is 1.56 bits per heavy atom. The summed E-state index contributed by atoms with van der Waals surface area (Å²) >= 11 is 0. The van der Waals surface area contributed by atoms with Crippen molar-refractivity contribution in [2.45, 2.75) is 6.54 Å². The van der Waals surface area contributed by atoms with Crippen molar-refractivity contribution in [3.8, 4) is 0 Å². The van der Waals surface area contributed by atoms with Gasteiger partial charge in [0.15, 0.2) is 0 Å². The van der Waals surface area contributed by atoms with Gasteiger partial charge in [-0.3, -0.25) is 19.5 Å². The van der Waals surface area contributed by atoms with Gasteiger partial charge in [0, 0.05) is 26.2 Å². The molecule has 0 atom stereocenters. The third-order valence-electron chi connectivity index (χ3n) is 2.52. The van der Waals surface area contributed by atoms with E-state index in [0.29, 0.717) is 12.4 Å². The van der Waals surface area contributed by atoms with Crippen LogP contribution in [0.1, 0.15) is 5.56 Å². The summed E-state index contributed by atoms with van der Waals surface area (Å²) in [6, 6.07) is 0. The molecule has 9 heteroatoms. The monoisotopic (exact) mass is 251 g/mol. The Bertz CT molecular complexity index is 586. The van der Waals surface area contributed by atoms with Crippen molar-refractivity contribution in [1.29, 1.82) is 0 Å². The summed E-state index contributed by atoms with van der Waals surface area (Å²) in [4.78, 5) is 10.3. The lowest BCUT2D eigenvalue weighted by Gasteiger charge is -2.02. The third kappa shape index (κ3) is 2.10. The quantitative estimate of drug-likeness (QED) is 0.594. The van der Waals surface area contributed by atoms with E-state index in [1.165, 1.54) is 15.6 Å². The molecule has 0 radical (unpaired) electrons. The summed E-state index contributed by atoms with van der Waals surface area (Å²) in [5.41, 5.74) is 6.46. The van der Waals surface area contributed by atoms with Crippen molar-refractivity contribution in [2.75, 3.05) is 11.1 Å². The maximum atomic E-state index is 10.8. The number of nitro groups is 1. The standard InChI is InChI=1S/C9H13N7O2/c1-14-5-7(16(17)18)9(13-14)11-3-6-4-12-15(2)8(6)10/h4-5H,3,10H2,1-2H3,(H,11,13). The SMILES string of the molecule is Cn1cc([N+](=O)[O-])c(NCc2cnn(C)c2N)n1. The van der Waals surface area contributed by atoms with Crippen LogP contribution in [0.4, 0.5) is 17.3 Å². The average molecular weight is 251 g/mol. The smallest absolute Gasteiger partial charge is 0.330 e. The molecular formula is C9H13N7O2. The van der Waals surface area contributed by atoms with Gasteiger partial charge in [-0.2, -0.15) is 5.10 Å². The van der Waals surface area contributed by atoms with Gasteiger partial charge in [0.2, 0.25) is 5.82 Å². The van der Waals surface area contributed by atoms with Gasteiger partial charge in [0.1, 0.15) is 12.0 Å². The molecule has 0 unspecified atom stereocenters. The average Bonchev–Trinajstić information content (AvgIpc) is 2.82. The van der Waals surface area contributed by atoms with Crippen molar-refractivity contribution in [2.24, 2.45) is 14.1 Å². The Morgan fingerprint density at radius 2 is 2.28 bits per heavy atom. The maximum Gasteiger partial charge on any atom is 0.330 e. The van der Waals surface area contributed by atoms with E-state index in [9.17, 15) is 10.1 Å². The Kier molecular flexibility index (Phi) is 2.88. The zero-order valence-corrected chi connectivity index (χ0v) is 9.99. The summed E-state index contributed by atoms with van der Waals surface area (Å²) in [6.45, 7) is 0.331. The number of aryl methyl sites for hydroxylation is 2. The zero-order valence-electron chi connectivity index (χ0n) is 9.99. The highest BCUT2D eigenvalue weighted by molar-refractivity contribution is 5.55. The summed E-state index contributed by atoms with van der Waals surface area (Å²) in [5, 5.41) is 21.6. The number of nitrogen functional groups attached to an aromatic ring is 1. The fourth-order valence-electron chi connectivity index (χ4n) is 1.54. The topological polar surface area (TPSA) is 117 Å². The molecule has 18 heavy (non-hydrogen) atoms. The zero-order chi connectivity index (χ0) is 13.3. The normalized spacial score (nSPS) is 10.6. The second-order valence-electron chi connectivity index (χ2n) is 3.83. The molecule has 0 aromatic carbocycles. The largest absolute Gasteiger partial charge is 0.384 e. The van der Waals surface area contributed by atoms with Crippen LogP contribution in [0, 0.1) is 10.1 Å². The lowest BCUT2D eigenvalue weighted by Crippen LogP contribution is -2.05. The Labute approximate surface area is 102 Å². The van der Waals surface area contributed by atoms with E-state index in [1.54, 1.807) is 20.3 Å². The van der Waals surface area contributed by atoms with Crippen molar-refractivity contribution >= 4 is 17.3 Å². The molecule has 0 bridgehead atoms. The molecule has 0 amide bonds. The van der Waals surface area contributed by atoms with E-state index in [-0.39, 0.29) is 11.5 Å². The second kappa shape index (κ2) is 4.35. The molecule has 0 aliphatic carbocycles. The van der Waals surface area contributed by atoms with Gasteiger partial charge in [-0.05, 0) is 0 Å². The number of hydrogen-bond acceptors (Lipinski definition) is 6. The minimum absolute atomic E-state index is 0.0695. The van der Waals surface area contributed by atoms with Crippen LogP contribution < -0.4 is 11.1 Å². The Morgan fingerprint density at radius 3 is 2.83 bits per heavy atom. The second-order valence-corrected chi connectivity index (χ2v) is 3.83. The van der Waals surface area contributed by atoms with Crippen molar-refractivity contribution in [3.63, 3.8) is 0 Å². The van der Waals surface area contributed by atoms with Crippen molar-refractivity contribution < 1.29 is 4.92 Å². The minimum Gasteiger partial charge on any atom is -0.384 e. The van der Waals surface area contributed by atoms with Crippen molar-refractivity contribution in [3.05, 3.63) is 28.1 Å². The molecule has 2 rings (SSSR count). The molecule has 0 spiro atoms. The first-order valence-corrected chi connectivity index (χ1v) is 5.17. The molecule has 2 heterocycles. The molecular weight excluding hydrogens is 238 g/mol. The Hall–Kier alpha value is -2.58. The highest BCUT2D eigenvalue weighted by Gasteiger charge is 2.18. The van der Waals surface area contributed by atoms with Crippen LogP contribution >= 0.6 is 0 Å². The minimum atomic E-state index is -0.484. The van der Waals surface area contributed by atoms with Crippen LogP contribution in [0.5, 0.6) is 0 Å². The third-order valence-corrected chi connectivity index (χ3v) is 2.52. The predicted octanol–water partition coefficient (Wildman–Crippen LogP) is 0.256. The lowest BCUT2D eigenvalue weighted by atomic mass is 10.3. The Balaban J connectivity index is 2.15. The summed E-state index contributed by atoms with van der Waals surface area (Å²) in [7, 11) is 3.35. The highest BCUT2D eigenvalue weighted by atomic mass is 16.6. The van der Waals surface area contributed by atoms with Crippen LogP contribution in [0.25, 0.3) is 0 Å². The van der Waals surface area contributed by atoms with E-state index in [1.807, 2.05) is 0 Å². The van der Waals surface area contributed by atoms with E-state index in [2.05, 4.69) is 15.5 Å². The van der Waals surface area contributed by atoms with Gasteiger partial charge in [-0.1, -0.05) is 0 Å². The molecule has 9 nitrogen and oxygen atoms in total. The van der Waals surface area contributed by atoms with E-state index >= 15 is 0 Å². The first-order valence-electron chi connectivity index (χ1n) is 5.17. The molecule has 0 fully saturated rings. The number of anilines is 2.